The SMILES string of the molecule is N#Cc1ccc(-c2nc3ccccc3nc2-c2cccc3c2oc2ccccc23)cc1-n1c2ccccc2c2cc3ccccc3cc21. The first kappa shape index (κ1) is 26.4. The number of fused-ring (bicyclic) bond motifs is 8. The molecule has 10 rings (SSSR count). The molecule has 10 aromatic rings. The van der Waals surface area contributed by atoms with Gasteiger partial charge in [0.15, 0.2) is 0 Å². The maximum Gasteiger partial charge on any atom is 0.144 e. The van der Waals surface area contributed by atoms with Crippen LogP contribution in [0.3, 0.4) is 0 Å². The number of furan rings is 1. The van der Waals surface area contributed by atoms with Crippen LogP contribution in [0.4, 0.5) is 0 Å². The Hall–Kier alpha value is -6.77. The van der Waals surface area contributed by atoms with Crippen molar-refractivity contribution in [3.05, 3.63) is 151 Å². The van der Waals surface area contributed by atoms with Crippen molar-refractivity contribution in [2.24, 2.45) is 0 Å². The summed E-state index contributed by atoms with van der Waals surface area (Å²) in [6.07, 6.45) is 0. The van der Waals surface area contributed by atoms with E-state index in [-0.39, 0.29) is 0 Å². The van der Waals surface area contributed by atoms with Crippen molar-refractivity contribution >= 4 is 65.6 Å². The fourth-order valence-electron chi connectivity index (χ4n) is 7.20. The van der Waals surface area contributed by atoms with Crippen LogP contribution in [0.15, 0.2) is 150 Å². The molecule has 0 radical (unpaired) electrons. The molecular weight excluding hydrogens is 589 g/mol. The van der Waals surface area contributed by atoms with Gasteiger partial charge < -0.3 is 8.98 Å². The second kappa shape index (κ2) is 10.1. The first-order valence-electron chi connectivity index (χ1n) is 15.9. The summed E-state index contributed by atoms with van der Waals surface area (Å²) in [5.41, 5.74) is 9.80. The van der Waals surface area contributed by atoms with E-state index in [1.807, 2.05) is 66.7 Å². The van der Waals surface area contributed by atoms with Gasteiger partial charge in [-0.3, -0.25) is 0 Å². The average Bonchev–Trinajstić information content (AvgIpc) is 3.68. The highest BCUT2D eigenvalue weighted by molar-refractivity contribution is 6.14. The second-order valence-corrected chi connectivity index (χ2v) is 12.1. The summed E-state index contributed by atoms with van der Waals surface area (Å²) in [6.45, 7) is 0. The minimum atomic E-state index is 0.573. The first-order chi connectivity index (χ1) is 23.7. The van der Waals surface area contributed by atoms with Crippen molar-refractivity contribution < 1.29 is 4.42 Å². The summed E-state index contributed by atoms with van der Waals surface area (Å²) in [4.78, 5) is 10.4. The first-order valence-corrected chi connectivity index (χ1v) is 15.9. The van der Waals surface area contributed by atoms with Gasteiger partial charge in [0, 0.05) is 32.7 Å². The van der Waals surface area contributed by atoms with Gasteiger partial charge in [-0.2, -0.15) is 5.26 Å². The number of hydrogen-bond donors (Lipinski definition) is 0. The van der Waals surface area contributed by atoms with E-state index in [2.05, 4.69) is 89.5 Å². The number of rotatable bonds is 3. The summed E-state index contributed by atoms with van der Waals surface area (Å²) >= 11 is 0. The predicted molar refractivity (Wildman–Crippen MR) is 194 cm³/mol. The quantitative estimate of drug-likeness (QED) is 0.199. The van der Waals surface area contributed by atoms with Gasteiger partial charge in [0.2, 0.25) is 0 Å². The molecule has 0 N–H and O–H groups in total. The molecule has 0 aliphatic heterocycles. The Balaban J connectivity index is 1.28. The van der Waals surface area contributed by atoms with Gasteiger partial charge >= 0.3 is 0 Å². The van der Waals surface area contributed by atoms with Gasteiger partial charge in [-0.15, -0.1) is 0 Å². The van der Waals surface area contributed by atoms with E-state index >= 15 is 0 Å². The highest BCUT2D eigenvalue weighted by Crippen LogP contribution is 2.41. The molecule has 5 heteroatoms. The third-order valence-corrected chi connectivity index (χ3v) is 9.40. The van der Waals surface area contributed by atoms with Crippen LogP contribution in [-0.4, -0.2) is 14.5 Å². The van der Waals surface area contributed by atoms with E-state index in [9.17, 15) is 5.26 Å². The molecule has 0 bridgehead atoms. The highest BCUT2D eigenvalue weighted by atomic mass is 16.3. The molecule has 3 heterocycles. The Morgan fingerprint density at radius 1 is 0.542 bits per heavy atom. The van der Waals surface area contributed by atoms with Gasteiger partial charge in [-0.05, 0) is 65.4 Å². The largest absolute Gasteiger partial charge is 0.455 e. The minimum absolute atomic E-state index is 0.573. The highest BCUT2D eigenvalue weighted by Gasteiger charge is 2.21. The molecule has 0 aliphatic rings. The van der Waals surface area contributed by atoms with Gasteiger partial charge in [-0.1, -0.05) is 91.0 Å². The lowest BCUT2D eigenvalue weighted by Crippen LogP contribution is -2.00. The zero-order chi connectivity index (χ0) is 31.8. The third kappa shape index (κ3) is 3.84. The van der Waals surface area contributed by atoms with Crippen molar-refractivity contribution in [1.29, 1.82) is 5.26 Å². The molecule has 0 aliphatic carbocycles. The summed E-state index contributed by atoms with van der Waals surface area (Å²) in [5, 5.41) is 17.1. The zero-order valence-corrected chi connectivity index (χ0v) is 25.6. The van der Waals surface area contributed by atoms with Crippen LogP contribution in [0.25, 0.3) is 93.8 Å². The normalized spacial score (nSPS) is 11.7. The van der Waals surface area contributed by atoms with Crippen molar-refractivity contribution in [1.82, 2.24) is 14.5 Å². The zero-order valence-electron chi connectivity index (χ0n) is 25.6. The Morgan fingerprint density at radius 2 is 1.23 bits per heavy atom. The summed E-state index contributed by atoms with van der Waals surface area (Å²) in [5.74, 6) is 0. The van der Waals surface area contributed by atoms with E-state index in [0.29, 0.717) is 5.56 Å². The Kier molecular flexibility index (Phi) is 5.57. The lowest BCUT2D eigenvalue weighted by Gasteiger charge is -2.15. The molecule has 7 aromatic carbocycles. The minimum Gasteiger partial charge on any atom is -0.455 e. The van der Waals surface area contributed by atoms with E-state index in [1.54, 1.807) is 0 Å². The molecule has 0 unspecified atom stereocenters. The molecule has 5 nitrogen and oxygen atoms in total. The Bertz CT molecular complexity index is 2980. The number of nitriles is 1. The van der Waals surface area contributed by atoms with Crippen molar-refractivity contribution in [3.63, 3.8) is 0 Å². The van der Waals surface area contributed by atoms with E-state index < -0.39 is 0 Å². The molecule has 48 heavy (non-hydrogen) atoms. The Morgan fingerprint density at radius 3 is 2.06 bits per heavy atom. The number of benzene rings is 7. The molecule has 0 saturated carbocycles. The monoisotopic (exact) mass is 612 g/mol. The van der Waals surface area contributed by atoms with E-state index in [1.165, 1.54) is 5.39 Å². The standard InChI is InChI=1S/C43H24N4O/c44-25-29-21-20-28(24-38(29)47-37-18-7-3-12-30(37)34-22-26-10-1-2-11-27(26)23-39(34)47)41-42(46-36-17-6-5-16-35(36)45-41)33-15-9-14-32-31-13-4-8-19-40(31)48-43(32)33/h1-24H. The number of hydrogen-bond acceptors (Lipinski definition) is 4. The van der Waals surface area contributed by atoms with Crippen LogP contribution in [0.5, 0.6) is 0 Å². The smallest absolute Gasteiger partial charge is 0.144 e. The van der Waals surface area contributed by atoms with Crippen molar-refractivity contribution in [3.8, 4) is 34.3 Å². The van der Waals surface area contributed by atoms with Gasteiger partial charge in [0.05, 0.1) is 39.0 Å². The fraction of sp³-hybridized carbons (Fsp3) is 0. The van der Waals surface area contributed by atoms with Crippen LogP contribution in [0.2, 0.25) is 0 Å². The molecular formula is C43H24N4O. The maximum absolute atomic E-state index is 10.5. The summed E-state index contributed by atoms with van der Waals surface area (Å²) in [6, 6.07) is 51.9. The van der Waals surface area contributed by atoms with Crippen LogP contribution in [0, 0.1) is 11.3 Å². The van der Waals surface area contributed by atoms with Gasteiger partial charge in [-0.25, -0.2) is 9.97 Å². The fourth-order valence-corrected chi connectivity index (χ4v) is 7.20. The third-order valence-electron chi connectivity index (χ3n) is 9.40. The van der Waals surface area contributed by atoms with E-state index in [0.717, 1.165) is 88.4 Å². The lowest BCUT2D eigenvalue weighted by molar-refractivity contribution is 0.670. The Labute approximate surface area is 274 Å². The number of para-hydroxylation sites is 5. The van der Waals surface area contributed by atoms with Crippen LogP contribution < -0.4 is 0 Å². The van der Waals surface area contributed by atoms with Crippen LogP contribution in [-0.2, 0) is 0 Å². The number of aromatic nitrogens is 3. The van der Waals surface area contributed by atoms with Crippen molar-refractivity contribution in [2.75, 3.05) is 0 Å². The van der Waals surface area contributed by atoms with Crippen LogP contribution in [0.1, 0.15) is 5.56 Å². The second-order valence-electron chi connectivity index (χ2n) is 12.1. The van der Waals surface area contributed by atoms with Crippen molar-refractivity contribution in [2.45, 2.75) is 0 Å². The molecule has 0 atom stereocenters. The molecule has 3 aromatic heterocycles. The predicted octanol–water partition coefficient (Wildman–Crippen LogP) is 11.0. The lowest BCUT2D eigenvalue weighted by atomic mass is 9.99. The summed E-state index contributed by atoms with van der Waals surface area (Å²) in [7, 11) is 0. The summed E-state index contributed by atoms with van der Waals surface area (Å²) < 4.78 is 8.69. The molecule has 0 spiro atoms. The van der Waals surface area contributed by atoms with E-state index in [4.69, 9.17) is 14.4 Å². The maximum atomic E-state index is 10.5. The molecule has 0 amide bonds. The molecule has 0 fully saturated rings. The average molecular weight is 613 g/mol. The molecule has 222 valence electrons. The van der Waals surface area contributed by atoms with Crippen LogP contribution >= 0.6 is 0 Å². The number of nitrogens with zero attached hydrogens (tertiary/aromatic N) is 4. The topological polar surface area (TPSA) is 67.6 Å². The molecule has 0 saturated heterocycles. The van der Waals surface area contributed by atoms with Gasteiger partial charge in [0.1, 0.15) is 22.9 Å². The van der Waals surface area contributed by atoms with Gasteiger partial charge in [0.25, 0.3) is 0 Å².